The van der Waals surface area contributed by atoms with Crippen molar-refractivity contribution in [3.8, 4) is 11.1 Å². The highest BCUT2D eigenvalue weighted by Gasteiger charge is 2.46. The molecule has 1 N–H and O–H groups in total. The smallest absolute Gasteiger partial charge is 0.264 e. The number of carbonyl (C=O) groups excluding carboxylic acids is 6. The minimum absolute atomic E-state index is 0.0162. The molecule has 344 valence electrons. The van der Waals surface area contributed by atoms with Crippen LogP contribution in [0.1, 0.15) is 111 Å². The van der Waals surface area contributed by atoms with Gasteiger partial charge in [0, 0.05) is 102 Å². The molecule has 0 spiro atoms. The first-order valence-electron chi connectivity index (χ1n) is 22.7. The van der Waals surface area contributed by atoms with E-state index in [0.29, 0.717) is 87.6 Å². The Morgan fingerprint density at radius 1 is 0.833 bits per heavy atom. The normalized spacial score (nSPS) is 20.3. The maximum atomic E-state index is 15.1. The van der Waals surface area contributed by atoms with Gasteiger partial charge in [0.15, 0.2) is 5.82 Å². The third-order valence-corrected chi connectivity index (χ3v) is 14.4. The molecule has 8 heterocycles. The summed E-state index contributed by atoms with van der Waals surface area (Å²) in [6.07, 6.45) is 2.75. The van der Waals surface area contributed by atoms with Crippen LogP contribution in [0.3, 0.4) is 0 Å². The van der Waals surface area contributed by atoms with Crippen LogP contribution in [-0.4, -0.2) is 115 Å². The van der Waals surface area contributed by atoms with Crippen LogP contribution in [0, 0.1) is 6.92 Å². The lowest BCUT2D eigenvalue weighted by Crippen LogP contribution is -2.54. The third-order valence-electron chi connectivity index (χ3n) is 14.4. The van der Waals surface area contributed by atoms with E-state index in [1.165, 1.54) is 0 Å². The standard InChI is InChI=1S/C48H52F2N10O6/c1-26-21-54(4)41(51-3)20-32(26)33-16-28-6-5-12-58(40(28)19-34(33)44(49)50)45-37-24-57(27(2)61)15-11-38(37)60(53-45)31-9-13-56(14-10-31)43(63)25-55-22-29-17-35-36(18-30(29)23-55)48(66)59(47(35)65)39-7-8-42(62)52-46(39)64/h16-21,31,39,44H,5-15,22-25H2,1-4H3,(H,52,62,64). The average molecular weight is 903 g/mol. The molecule has 16 nitrogen and oxygen atoms in total. The largest absolute Gasteiger partial charge is 0.341 e. The fraction of sp³-hybridized carbons (Fsp3) is 0.458. The Kier molecular flexibility index (Phi) is 11.0. The number of anilines is 2. The number of aryl methyl sites for hydroxylation is 3. The number of aromatic nitrogens is 3. The van der Waals surface area contributed by atoms with E-state index in [-0.39, 0.29) is 53.9 Å². The first-order valence-corrected chi connectivity index (χ1v) is 22.7. The number of hydrogen-bond acceptors (Lipinski definition) is 10. The van der Waals surface area contributed by atoms with E-state index in [1.807, 2.05) is 51.6 Å². The first-order chi connectivity index (χ1) is 31.7. The van der Waals surface area contributed by atoms with Gasteiger partial charge in [0.05, 0.1) is 30.3 Å². The average Bonchev–Trinajstić information content (AvgIpc) is 3.95. The minimum Gasteiger partial charge on any atom is -0.341 e. The van der Waals surface area contributed by atoms with Gasteiger partial charge < -0.3 is 19.3 Å². The maximum Gasteiger partial charge on any atom is 0.264 e. The van der Waals surface area contributed by atoms with Crippen molar-refractivity contribution in [1.82, 2.24) is 39.3 Å². The number of benzene rings is 2. The molecule has 2 aromatic heterocycles. The lowest BCUT2D eigenvalue weighted by atomic mass is 9.90. The van der Waals surface area contributed by atoms with Crippen molar-refractivity contribution in [2.45, 2.75) is 96.9 Å². The number of pyridine rings is 1. The lowest BCUT2D eigenvalue weighted by molar-refractivity contribution is -0.136. The predicted molar refractivity (Wildman–Crippen MR) is 236 cm³/mol. The van der Waals surface area contributed by atoms with Crippen LogP contribution in [0.2, 0.25) is 0 Å². The molecular weight excluding hydrogens is 851 g/mol. The van der Waals surface area contributed by atoms with Crippen molar-refractivity contribution in [1.29, 1.82) is 0 Å². The SMILES string of the molecule is CN=c1cc(-c2cc3c(cc2C(F)F)N(c2nn(C4CCN(C(=O)CN5Cc6cc7c(cc6C5)C(=O)N(C5CCC(=O)NC5=O)C7=O)CC4)c4c2CN(C(C)=O)CC4)CCC3)c(C)cn1C. The Balaban J connectivity index is 0.854. The highest BCUT2D eigenvalue weighted by molar-refractivity contribution is 6.23. The molecule has 0 radical (unpaired) electrons. The van der Waals surface area contributed by atoms with E-state index in [2.05, 4.69) is 19.9 Å². The quantitative estimate of drug-likeness (QED) is 0.267. The molecule has 0 bridgehead atoms. The van der Waals surface area contributed by atoms with E-state index < -0.39 is 36.1 Å². The summed E-state index contributed by atoms with van der Waals surface area (Å²) < 4.78 is 34.2. The van der Waals surface area contributed by atoms with Crippen molar-refractivity contribution < 1.29 is 37.5 Å². The summed E-state index contributed by atoms with van der Waals surface area (Å²) in [5.74, 6) is -1.58. The molecule has 1 atom stereocenters. The topological polar surface area (TPSA) is 166 Å². The zero-order valence-corrected chi connectivity index (χ0v) is 37.5. The van der Waals surface area contributed by atoms with Gasteiger partial charge in [-0.1, -0.05) is 0 Å². The fourth-order valence-electron chi connectivity index (χ4n) is 11.0. The summed E-state index contributed by atoms with van der Waals surface area (Å²) in [5.41, 5.74) is 8.48. The monoisotopic (exact) mass is 902 g/mol. The number of alkyl halides is 2. The van der Waals surface area contributed by atoms with Crippen LogP contribution in [0.4, 0.5) is 20.3 Å². The second-order valence-electron chi connectivity index (χ2n) is 18.4. The van der Waals surface area contributed by atoms with Crippen molar-refractivity contribution in [3.63, 3.8) is 0 Å². The van der Waals surface area contributed by atoms with Crippen LogP contribution < -0.4 is 15.7 Å². The number of rotatable bonds is 7. The van der Waals surface area contributed by atoms with Gasteiger partial charge in [-0.3, -0.25) is 53.6 Å². The van der Waals surface area contributed by atoms with E-state index >= 15 is 8.78 Å². The number of amides is 6. The van der Waals surface area contributed by atoms with E-state index in [9.17, 15) is 28.8 Å². The molecule has 6 amide bonds. The highest BCUT2D eigenvalue weighted by Crippen LogP contribution is 2.44. The van der Waals surface area contributed by atoms with Gasteiger partial charge in [0.2, 0.25) is 23.6 Å². The Labute approximate surface area is 379 Å². The fourth-order valence-corrected chi connectivity index (χ4v) is 11.0. The van der Waals surface area contributed by atoms with Gasteiger partial charge in [-0.15, -0.1) is 0 Å². The van der Waals surface area contributed by atoms with Crippen molar-refractivity contribution in [3.05, 3.63) is 92.2 Å². The second-order valence-corrected chi connectivity index (χ2v) is 18.4. The number of piperidine rings is 2. The van der Waals surface area contributed by atoms with E-state index in [0.717, 1.165) is 56.8 Å². The summed E-state index contributed by atoms with van der Waals surface area (Å²) in [6, 6.07) is 7.75. The molecule has 66 heavy (non-hydrogen) atoms. The van der Waals surface area contributed by atoms with Gasteiger partial charge in [0.25, 0.3) is 18.2 Å². The van der Waals surface area contributed by atoms with Crippen molar-refractivity contribution >= 4 is 46.9 Å². The number of fused-ring (bicyclic) bond motifs is 4. The third kappa shape index (κ3) is 7.38. The summed E-state index contributed by atoms with van der Waals surface area (Å²) in [6.45, 7) is 7.00. The van der Waals surface area contributed by atoms with Gasteiger partial charge in [0.1, 0.15) is 11.5 Å². The highest BCUT2D eigenvalue weighted by atomic mass is 19.3. The van der Waals surface area contributed by atoms with E-state index in [1.54, 1.807) is 32.2 Å². The second kappa shape index (κ2) is 16.7. The predicted octanol–water partition coefficient (Wildman–Crippen LogP) is 4.23. The first kappa shape index (κ1) is 43.3. The molecule has 6 aliphatic heterocycles. The summed E-state index contributed by atoms with van der Waals surface area (Å²) in [4.78, 5) is 90.7. The van der Waals surface area contributed by atoms with Crippen molar-refractivity contribution in [2.75, 3.05) is 44.7 Å². The van der Waals surface area contributed by atoms with Crippen LogP contribution in [-0.2, 0) is 58.7 Å². The molecule has 10 rings (SSSR count). The molecule has 2 saturated heterocycles. The number of hydrogen-bond donors (Lipinski definition) is 1. The van der Waals surface area contributed by atoms with Gasteiger partial charge in [-0.05, 0) is 103 Å². The van der Waals surface area contributed by atoms with Gasteiger partial charge in [-0.2, -0.15) is 5.10 Å². The number of halogens is 2. The number of imide groups is 2. The number of nitrogens with zero attached hydrogens (tertiary/aromatic N) is 9. The Hall–Kier alpha value is -6.56. The molecule has 2 aromatic carbocycles. The maximum absolute atomic E-state index is 15.1. The number of carbonyl (C=O) groups is 6. The molecule has 6 aliphatic rings. The zero-order chi connectivity index (χ0) is 46.3. The number of nitrogens with one attached hydrogen (secondary N) is 1. The lowest BCUT2D eigenvalue weighted by Gasteiger charge is -2.34. The van der Waals surface area contributed by atoms with Gasteiger partial charge in [-0.25, -0.2) is 8.78 Å². The molecule has 18 heteroatoms. The molecular formula is C48H52F2N10O6. The minimum atomic E-state index is -2.73. The van der Waals surface area contributed by atoms with Crippen LogP contribution in [0.5, 0.6) is 0 Å². The Bertz CT molecular complexity index is 2800. The molecule has 0 aliphatic carbocycles. The van der Waals surface area contributed by atoms with Crippen molar-refractivity contribution in [2.24, 2.45) is 12.0 Å². The Morgan fingerprint density at radius 2 is 1.53 bits per heavy atom. The summed E-state index contributed by atoms with van der Waals surface area (Å²) >= 11 is 0. The van der Waals surface area contributed by atoms with Gasteiger partial charge >= 0.3 is 0 Å². The van der Waals surface area contributed by atoms with Crippen LogP contribution in [0.15, 0.2) is 41.5 Å². The molecule has 2 fully saturated rings. The molecule has 4 aromatic rings. The van der Waals surface area contributed by atoms with E-state index in [4.69, 9.17) is 5.10 Å². The summed E-state index contributed by atoms with van der Waals surface area (Å²) in [7, 11) is 3.57. The molecule has 0 saturated carbocycles. The van der Waals surface area contributed by atoms with Crippen LogP contribution in [0.25, 0.3) is 11.1 Å². The zero-order valence-electron chi connectivity index (χ0n) is 37.5. The number of likely N-dealkylation sites (tertiary alicyclic amines) is 1. The Morgan fingerprint density at radius 3 is 2.18 bits per heavy atom. The van der Waals surface area contributed by atoms with Crippen LogP contribution >= 0.6 is 0 Å². The summed E-state index contributed by atoms with van der Waals surface area (Å²) in [5, 5.41) is 7.51. The molecule has 1 unspecified atom stereocenters.